The second kappa shape index (κ2) is 7.76. The summed E-state index contributed by atoms with van der Waals surface area (Å²) in [5.41, 5.74) is 1.68. The minimum Gasteiger partial charge on any atom is -0.342 e. The standard InChI is InChI=1S/C18H21N3O3S/c22-18-5-3-12-21(18)13-10-15-6-8-17(9-7-15)25(23,24)20-14-16-4-1-2-11-19-16/h1-2,4,6-9,11,20H,3,5,10,12-14H2. The molecule has 1 aliphatic heterocycles. The van der Waals surface area contributed by atoms with Gasteiger partial charge in [0, 0.05) is 25.7 Å². The first-order valence-electron chi connectivity index (χ1n) is 8.31. The maximum atomic E-state index is 12.3. The largest absolute Gasteiger partial charge is 0.342 e. The molecule has 7 heteroatoms. The van der Waals surface area contributed by atoms with Crippen molar-refractivity contribution in [3.05, 3.63) is 59.9 Å². The number of aromatic nitrogens is 1. The Kier molecular flexibility index (Phi) is 5.45. The van der Waals surface area contributed by atoms with Crippen LogP contribution in [-0.2, 0) is 27.8 Å². The van der Waals surface area contributed by atoms with Crippen LogP contribution in [0.25, 0.3) is 0 Å². The quantitative estimate of drug-likeness (QED) is 0.816. The lowest BCUT2D eigenvalue weighted by Gasteiger charge is -2.15. The highest BCUT2D eigenvalue weighted by Crippen LogP contribution is 2.14. The number of carbonyl (C=O) groups is 1. The molecule has 2 aromatic rings. The van der Waals surface area contributed by atoms with Gasteiger partial charge in [0.05, 0.1) is 17.1 Å². The smallest absolute Gasteiger partial charge is 0.240 e. The molecule has 0 atom stereocenters. The summed E-state index contributed by atoms with van der Waals surface area (Å²) in [6.07, 6.45) is 3.92. The van der Waals surface area contributed by atoms with Gasteiger partial charge in [-0.2, -0.15) is 0 Å². The van der Waals surface area contributed by atoms with Crippen molar-refractivity contribution in [3.8, 4) is 0 Å². The minimum atomic E-state index is -3.57. The number of rotatable bonds is 7. The molecule has 0 aliphatic carbocycles. The van der Waals surface area contributed by atoms with E-state index in [9.17, 15) is 13.2 Å². The monoisotopic (exact) mass is 359 g/mol. The molecule has 25 heavy (non-hydrogen) atoms. The molecule has 1 amide bonds. The molecule has 1 aliphatic rings. The van der Waals surface area contributed by atoms with Crippen molar-refractivity contribution in [2.75, 3.05) is 13.1 Å². The Bertz CT molecular complexity index is 820. The van der Waals surface area contributed by atoms with E-state index in [4.69, 9.17) is 0 Å². The number of hydrogen-bond acceptors (Lipinski definition) is 4. The number of benzene rings is 1. The van der Waals surface area contributed by atoms with Gasteiger partial charge in [-0.1, -0.05) is 18.2 Å². The molecule has 0 unspecified atom stereocenters. The number of nitrogens with zero attached hydrogens (tertiary/aromatic N) is 2. The van der Waals surface area contributed by atoms with Gasteiger partial charge in [0.2, 0.25) is 15.9 Å². The number of hydrogen-bond donors (Lipinski definition) is 1. The number of likely N-dealkylation sites (tertiary alicyclic amines) is 1. The number of carbonyl (C=O) groups excluding carboxylic acids is 1. The van der Waals surface area contributed by atoms with E-state index in [1.807, 2.05) is 11.0 Å². The second-order valence-electron chi connectivity index (χ2n) is 6.02. The van der Waals surface area contributed by atoms with E-state index in [2.05, 4.69) is 9.71 Å². The fraction of sp³-hybridized carbons (Fsp3) is 0.333. The average molecular weight is 359 g/mol. The number of pyridine rings is 1. The van der Waals surface area contributed by atoms with Gasteiger partial charge >= 0.3 is 0 Å². The SMILES string of the molecule is O=C1CCCN1CCc1ccc(S(=O)(=O)NCc2ccccn2)cc1. The van der Waals surface area contributed by atoms with E-state index >= 15 is 0 Å². The van der Waals surface area contributed by atoms with E-state index in [-0.39, 0.29) is 17.3 Å². The number of nitrogens with one attached hydrogen (secondary N) is 1. The Hall–Kier alpha value is -2.25. The van der Waals surface area contributed by atoms with Crippen LogP contribution in [0.3, 0.4) is 0 Å². The van der Waals surface area contributed by atoms with Crippen molar-refractivity contribution in [2.45, 2.75) is 30.7 Å². The van der Waals surface area contributed by atoms with Crippen LogP contribution in [0.2, 0.25) is 0 Å². The first-order chi connectivity index (χ1) is 12.0. The molecule has 1 fully saturated rings. The first-order valence-corrected chi connectivity index (χ1v) is 9.79. The van der Waals surface area contributed by atoms with Crippen LogP contribution in [0.15, 0.2) is 53.6 Å². The van der Waals surface area contributed by atoms with Gasteiger partial charge in [-0.3, -0.25) is 9.78 Å². The lowest BCUT2D eigenvalue weighted by molar-refractivity contribution is -0.127. The predicted octanol–water partition coefficient (Wildman–Crippen LogP) is 1.73. The van der Waals surface area contributed by atoms with Crippen molar-refractivity contribution >= 4 is 15.9 Å². The molecule has 0 radical (unpaired) electrons. The molecule has 3 rings (SSSR count). The van der Waals surface area contributed by atoms with Gasteiger partial charge in [0.25, 0.3) is 0 Å². The summed E-state index contributed by atoms with van der Waals surface area (Å²) in [6.45, 7) is 1.66. The van der Waals surface area contributed by atoms with Gasteiger partial charge in [0.1, 0.15) is 0 Å². The van der Waals surface area contributed by atoms with Crippen molar-refractivity contribution in [1.29, 1.82) is 0 Å². The molecule has 1 aromatic carbocycles. The molecule has 0 bridgehead atoms. The van der Waals surface area contributed by atoms with E-state index in [1.165, 1.54) is 0 Å². The molecule has 1 N–H and O–H groups in total. The summed E-state index contributed by atoms with van der Waals surface area (Å²) in [6, 6.07) is 12.2. The lowest BCUT2D eigenvalue weighted by atomic mass is 10.1. The summed E-state index contributed by atoms with van der Waals surface area (Å²) in [4.78, 5) is 17.8. The third kappa shape index (κ3) is 4.64. The van der Waals surface area contributed by atoms with Crippen molar-refractivity contribution in [3.63, 3.8) is 0 Å². The first kappa shape index (κ1) is 17.6. The third-order valence-electron chi connectivity index (χ3n) is 4.24. The zero-order valence-electron chi connectivity index (χ0n) is 13.9. The summed E-state index contributed by atoms with van der Waals surface area (Å²) in [5.74, 6) is 0.206. The van der Waals surface area contributed by atoms with Crippen LogP contribution in [0, 0.1) is 0 Å². The number of sulfonamides is 1. The van der Waals surface area contributed by atoms with E-state index in [0.29, 0.717) is 18.7 Å². The molecule has 0 saturated carbocycles. The molecular formula is C18H21N3O3S. The molecule has 2 heterocycles. The van der Waals surface area contributed by atoms with Crippen molar-refractivity contribution < 1.29 is 13.2 Å². The zero-order valence-corrected chi connectivity index (χ0v) is 14.7. The second-order valence-corrected chi connectivity index (χ2v) is 7.79. The molecule has 0 spiro atoms. The summed E-state index contributed by atoms with van der Waals surface area (Å²) >= 11 is 0. The van der Waals surface area contributed by atoms with Crippen LogP contribution in [-0.4, -0.2) is 37.3 Å². The summed E-state index contributed by atoms with van der Waals surface area (Å²) in [7, 11) is -3.57. The Labute approximate surface area is 147 Å². The Balaban J connectivity index is 1.57. The van der Waals surface area contributed by atoms with Crippen molar-refractivity contribution in [2.24, 2.45) is 0 Å². The van der Waals surface area contributed by atoms with Crippen molar-refractivity contribution in [1.82, 2.24) is 14.6 Å². The molecule has 1 aromatic heterocycles. The topological polar surface area (TPSA) is 79.4 Å². The summed E-state index contributed by atoms with van der Waals surface area (Å²) < 4.78 is 27.2. The highest BCUT2D eigenvalue weighted by Gasteiger charge is 2.19. The highest BCUT2D eigenvalue weighted by molar-refractivity contribution is 7.89. The molecular weight excluding hydrogens is 338 g/mol. The Morgan fingerprint density at radius 3 is 2.56 bits per heavy atom. The van der Waals surface area contributed by atoms with Gasteiger partial charge in [0.15, 0.2) is 0 Å². The molecule has 132 valence electrons. The molecule has 1 saturated heterocycles. The van der Waals surface area contributed by atoms with Gasteiger partial charge in [-0.15, -0.1) is 0 Å². The minimum absolute atomic E-state index is 0.155. The van der Waals surface area contributed by atoms with Crippen LogP contribution in [0.1, 0.15) is 24.1 Å². The molecule has 6 nitrogen and oxygen atoms in total. The van der Waals surface area contributed by atoms with Gasteiger partial charge < -0.3 is 4.90 Å². The maximum Gasteiger partial charge on any atom is 0.240 e. The van der Waals surface area contributed by atoms with Gasteiger partial charge in [-0.05, 0) is 42.7 Å². The fourth-order valence-corrected chi connectivity index (χ4v) is 3.79. The lowest BCUT2D eigenvalue weighted by Crippen LogP contribution is -2.27. The van der Waals surface area contributed by atoms with Crippen LogP contribution < -0.4 is 4.72 Å². The van der Waals surface area contributed by atoms with E-state index in [0.717, 1.165) is 24.9 Å². The van der Waals surface area contributed by atoms with E-state index < -0.39 is 10.0 Å². The average Bonchev–Trinajstić information content (AvgIpc) is 3.04. The van der Waals surface area contributed by atoms with Crippen LogP contribution in [0.4, 0.5) is 0 Å². The normalized spacial score (nSPS) is 14.9. The predicted molar refractivity (Wildman–Crippen MR) is 94.2 cm³/mol. The van der Waals surface area contributed by atoms with Crippen LogP contribution >= 0.6 is 0 Å². The third-order valence-corrected chi connectivity index (χ3v) is 5.66. The maximum absolute atomic E-state index is 12.3. The zero-order chi connectivity index (χ0) is 17.7. The van der Waals surface area contributed by atoms with Crippen LogP contribution in [0.5, 0.6) is 0 Å². The number of amides is 1. The Morgan fingerprint density at radius 1 is 1.12 bits per heavy atom. The van der Waals surface area contributed by atoms with Gasteiger partial charge in [-0.25, -0.2) is 13.1 Å². The Morgan fingerprint density at radius 2 is 1.92 bits per heavy atom. The highest BCUT2D eigenvalue weighted by atomic mass is 32.2. The summed E-state index contributed by atoms with van der Waals surface area (Å²) in [5, 5.41) is 0. The fourth-order valence-electron chi connectivity index (χ4n) is 2.79. The van der Waals surface area contributed by atoms with E-state index in [1.54, 1.807) is 42.6 Å².